The van der Waals surface area contributed by atoms with Crippen LogP contribution in [0.25, 0.3) is 0 Å². The minimum Gasteiger partial charge on any atom is -0.381 e. The lowest BCUT2D eigenvalue weighted by Crippen LogP contribution is -2.45. The number of likely N-dealkylation sites (tertiary alicyclic amines) is 1. The summed E-state index contributed by atoms with van der Waals surface area (Å²) < 4.78 is 11.2. The first-order valence-electron chi connectivity index (χ1n) is 9.15. The summed E-state index contributed by atoms with van der Waals surface area (Å²) in [5.41, 5.74) is -0.159. The highest BCUT2D eigenvalue weighted by molar-refractivity contribution is 14.0. The quantitative estimate of drug-likeness (QED) is 0.350. The highest BCUT2D eigenvalue weighted by atomic mass is 127. The zero-order valence-electron chi connectivity index (χ0n) is 15.3. The largest absolute Gasteiger partial charge is 0.381 e. The number of hydrogen-bond donors (Lipinski definition) is 2. The van der Waals surface area contributed by atoms with Gasteiger partial charge in [0.05, 0.1) is 12.1 Å². The van der Waals surface area contributed by atoms with Crippen molar-refractivity contribution in [3.8, 4) is 0 Å². The molecule has 2 aliphatic heterocycles. The standard InChI is InChI=1S/C17H34N4O2.HI/c1-3-18-16(19-9-12-21-10-5-4-6-11-21)20-15-17(22-2)7-13-23-14-8-17;/h3-15H2,1-2H3,(H2,18,19,20);1H. The van der Waals surface area contributed by atoms with Crippen LogP contribution in [0.3, 0.4) is 0 Å². The highest BCUT2D eigenvalue weighted by Crippen LogP contribution is 2.24. The van der Waals surface area contributed by atoms with E-state index < -0.39 is 0 Å². The lowest BCUT2D eigenvalue weighted by molar-refractivity contribution is -0.0828. The van der Waals surface area contributed by atoms with Gasteiger partial charge in [-0.1, -0.05) is 6.42 Å². The zero-order valence-corrected chi connectivity index (χ0v) is 17.6. The summed E-state index contributed by atoms with van der Waals surface area (Å²) in [6, 6.07) is 0. The van der Waals surface area contributed by atoms with Crippen LogP contribution < -0.4 is 10.6 Å². The molecule has 0 amide bonds. The molecule has 0 aromatic rings. The van der Waals surface area contributed by atoms with Gasteiger partial charge in [-0.05, 0) is 32.9 Å². The van der Waals surface area contributed by atoms with E-state index in [1.165, 1.54) is 32.4 Å². The van der Waals surface area contributed by atoms with Crippen LogP contribution in [0, 0.1) is 0 Å². The Balaban J connectivity index is 0.00000288. The number of nitrogens with zero attached hydrogens (tertiary/aromatic N) is 2. The smallest absolute Gasteiger partial charge is 0.191 e. The molecule has 2 N–H and O–H groups in total. The van der Waals surface area contributed by atoms with Gasteiger partial charge in [-0.3, -0.25) is 4.99 Å². The average molecular weight is 454 g/mol. The number of guanidine groups is 1. The van der Waals surface area contributed by atoms with Crippen molar-refractivity contribution in [1.82, 2.24) is 15.5 Å². The number of hydrogen-bond acceptors (Lipinski definition) is 4. The third kappa shape index (κ3) is 7.41. The molecule has 2 rings (SSSR count). The highest BCUT2D eigenvalue weighted by Gasteiger charge is 2.32. The van der Waals surface area contributed by atoms with Crippen LogP contribution >= 0.6 is 24.0 Å². The minimum atomic E-state index is -0.159. The van der Waals surface area contributed by atoms with Crippen molar-refractivity contribution < 1.29 is 9.47 Å². The second-order valence-electron chi connectivity index (χ2n) is 6.52. The Labute approximate surface area is 164 Å². The van der Waals surface area contributed by atoms with Crippen molar-refractivity contribution in [3.05, 3.63) is 0 Å². The molecule has 7 heteroatoms. The van der Waals surface area contributed by atoms with Crippen LogP contribution in [0.4, 0.5) is 0 Å². The van der Waals surface area contributed by atoms with Gasteiger partial charge >= 0.3 is 0 Å². The van der Waals surface area contributed by atoms with E-state index >= 15 is 0 Å². The molecule has 2 aliphatic rings. The van der Waals surface area contributed by atoms with Crippen LogP contribution in [0.2, 0.25) is 0 Å². The molecule has 142 valence electrons. The molecular formula is C17H35IN4O2. The Bertz CT molecular complexity index is 356. The summed E-state index contributed by atoms with van der Waals surface area (Å²) in [7, 11) is 1.79. The van der Waals surface area contributed by atoms with Crippen LogP contribution in [0.5, 0.6) is 0 Å². The van der Waals surface area contributed by atoms with Gasteiger partial charge in [0.15, 0.2) is 5.96 Å². The van der Waals surface area contributed by atoms with E-state index in [1.54, 1.807) is 7.11 Å². The third-order valence-corrected chi connectivity index (χ3v) is 4.88. The number of piperidine rings is 1. The molecule has 0 unspecified atom stereocenters. The molecule has 0 aromatic carbocycles. The molecule has 2 fully saturated rings. The maximum Gasteiger partial charge on any atom is 0.191 e. The molecule has 0 atom stereocenters. The minimum absolute atomic E-state index is 0. The Kier molecular flexibility index (Phi) is 11.2. The average Bonchev–Trinajstić information content (AvgIpc) is 2.61. The van der Waals surface area contributed by atoms with Gasteiger partial charge in [-0.2, -0.15) is 0 Å². The van der Waals surface area contributed by atoms with Crippen molar-refractivity contribution in [2.75, 3.05) is 59.6 Å². The lowest BCUT2D eigenvalue weighted by atomic mass is 9.94. The van der Waals surface area contributed by atoms with Crippen molar-refractivity contribution in [2.45, 2.75) is 44.6 Å². The van der Waals surface area contributed by atoms with Gasteiger partial charge in [0.1, 0.15) is 0 Å². The first kappa shape index (κ1) is 21.9. The summed E-state index contributed by atoms with van der Waals surface area (Å²) in [5.74, 6) is 0.896. The molecule has 0 aliphatic carbocycles. The number of rotatable bonds is 7. The Hall–Kier alpha value is -0.120. The number of methoxy groups -OCH3 is 1. The molecule has 0 bridgehead atoms. The summed E-state index contributed by atoms with van der Waals surface area (Å²) in [6.07, 6.45) is 5.90. The van der Waals surface area contributed by atoms with E-state index in [4.69, 9.17) is 14.5 Å². The van der Waals surface area contributed by atoms with Gasteiger partial charge in [0.25, 0.3) is 0 Å². The van der Waals surface area contributed by atoms with Gasteiger partial charge < -0.3 is 25.0 Å². The Morgan fingerprint density at radius 1 is 1.17 bits per heavy atom. The molecular weight excluding hydrogens is 419 g/mol. The SMILES string of the molecule is CCNC(=NCC1(OC)CCOCC1)NCCN1CCCCC1.I. The fraction of sp³-hybridized carbons (Fsp3) is 0.941. The van der Waals surface area contributed by atoms with E-state index in [0.29, 0.717) is 6.54 Å². The topological polar surface area (TPSA) is 58.1 Å². The summed E-state index contributed by atoms with van der Waals surface area (Å²) >= 11 is 0. The predicted octanol–water partition coefficient (Wildman–Crippen LogP) is 1.84. The van der Waals surface area contributed by atoms with E-state index in [-0.39, 0.29) is 29.6 Å². The van der Waals surface area contributed by atoms with E-state index in [9.17, 15) is 0 Å². The van der Waals surface area contributed by atoms with Gasteiger partial charge in [-0.25, -0.2) is 0 Å². The molecule has 0 aromatic heterocycles. The lowest BCUT2D eigenvalue weighted by Gasteiger charge is -2.34. The molecule has 2 heterocycles. The van der Waals surface area contributed by atoms with E-state index in [2.05, 4.69) is 22.5 Å². The second-order valence-corrected chi connectivity index (χ2v) is 6.52. The first-order chi connectivity index (χ1) is 11.3. The van der Waals surface area contributed by atoms with Crippen molar-refractivity contribution in [3.63, 3.8) is 0 Å². The number of aliphatic imine (C=N–C) groups is 1. The van der Waals surface area contributed by atoms with Crippen molar-refractivity contribution >= 4 is 29.9 Å². The summed E-state index contributed by atoms with van der Waals surface area (Å²) in [4.78, 5) is 7.30. The van der Waals surface area contributed by atoms with Crippen LogP contribution in [-0.2, 0) is 9.47 Å². The molecule has 24 heavy (non-hydrogen) atoms. The molecule has 0 saturated carbocycles. The maximum absolute atomic E-state index is 5.76. The maximum atomic E-state index is 5.76. The predicted molar refractivity (Wildman–Crippen MR) is 109 cm³/mol. The van der Waals surface area contributed by atoms with Gasteiger partial charge in [0.2, 0.25) is 0 Å². The second kappa shape index (κ2) is 12.3. The van der Waals surface area contributed by atoms with Gasteiger partial charge in [0, 0.05) is 52.8 Å². The van der Waals surface area contributed by atoms with Crippen molar-refractivity contribution in [1.29, 1.82) is 0 Å². The Morgan fingerprint density at radius 2 is 1.88 bits per heavy atom. The fourth-order valence-corrected chi connectivity index (χ4v) is 3.25. The summed E-state index contributed by atoms with van der Waals surface area (Å²) in [6.45, 7) is 9.70. The number of nitrogens with one attached hydrogen (secondary N) is 2. The van der Waals surface area contributed by atoms with Crippen molar-refractivity contribution in [2.24, 2.45) is 4.99 Å². The number of halogens is 1. The first-order valence-corrected chi connectivity index (χ1v) is 9.15. The van der Waals surface area contributed by atoms with Crippen LogP contribution in [0.1, 0.15) is 39.0 Å². The monoisotopic (exact) mass is 454 g/mol. The third-order valence-electron chi connectivity index (χ3n) is 4.88. The van der Waals surface area contributed by atoms with Gasteiger partial charge in [-0.15, -0.1) is 24.0 Å². The summed E-state index contributed by atoms with van der Waals surface area (Å²) in [5, 5.41) is 6.79. The Morgan fingerprint density at radius 3 is 2.50 bits per heavy atom. The molecule has 0 spiro atoms. The number of ether oxygens (including phenoxy) is 2. The fourth-order valence-electron chi connectivity index (χ4n) is 3.25. The van der Waals surface area contributed by atoms with E-state index in [0.717, 1.165) is 51.6 Å². The van der Waals surface area contributed by atoms with E-state index in [1.807, 2.05) is 0 Å². The van der Waals surface area contributed by atoms with Crippen LogP contribution in [-0.4, -0.2) is 76.1 Å². The zero-order chi connectivity index (χ0) is 16.4. The van der Waals surface area contributed by atoms with Crippen LogP contribution in [0.15, 0.2) is 4.99 Å². The molecule has 2 saturated heterocycles. The molecule has 0 radical (unpaired) electrons. The molecule has 6 nitrogen and oxygen atoms in total. The normalized spacial score (nSPS) is 21.8.